The number of hydrogen-bond donors (Lipinski definition) is 2. The number of anilines is 1. The SMILES string of the molecule is COc1ccc(O)c(C(C)Nc2c(Cl)cc(Br)cc2Cl)c1. The third-order valence-corrected chi connectivity index (χ3v) is 4.12. The summed E-state index contributed by atoms with van der Waals surface area (Å²) in [6.07, 6.45) is 0. The zero-order valence-corrected chi connectivity index (χ0v) is 14.6. The number of rotatable bonds is 4. The fourth-order valence-corrected chi connectivity index (χ4v) is 3.30. The Hall–Kier alpha value is -1.10. The Morgan fingerprint density at radius 3 is 2.38 bits per heavy atom. The molecule has 0 aliphatic rings. The van der Waals surface area contributed by atoms with E-state index in [9.17, 15) is 5.11 Å². The smallest absolute Gasteiger partial charge is 0.121 e. The lowest BCUT2D eigenvalue weighted by Crippen LogP contribution is -2.08. The van der Waals surface area contributed by atoms with Crippen LogP contribution in [-0.2, 0) is 0 Å². The highest BCUT2D eigenvalue weighted by molar-refractivity contribution is 9.10. The van der Waals surface area contributed by atoms with Gasteiger partial charge in [0.05, 0.1) is 28.9 Å². The standard InChI is InChI=1S/C15H14BrCl2NO2/c1-8(11-7-10(21-2)3-4-14(11)20)19-15-12(17)5-9(16)6-13(15)18/h3-8,19-20H,1-2H3. The number of methoxy groups -OCH3 is 1. The fraction of sp³-hybridized carbons (Fsp3) is 0.200. The summed E-state index contributed by atoms with van der Waals surface area (Å²) in [6.45, 7) is 1.91. The molecule has 2 aromatic rings. The molecular formula is C15H14BrCl2NO2. The summed E-state index contributed by atoms with van der Waals surface area (Å²) < 4.78 is 5.98. The number of halogens is 3. The van der Waals surface area contributed by atoms with Gasteiger partial charge < -0.3 is 15.2 Å². The van der Waals surface area contributed by atoms with Gasteiger partial charge in [0.2, 0.25) is 0 Å². The van der Waals surface area contributed by atoms with Crippen molar-refractivity contribution in [3.05, 3.63) is 50.4 Å². The molecule has 0 heterocycles. The van der Waals surface area contributed by atoms with Crippen LogP contribution in [0.5, 0.6) is 11.5 Å². The molecule has 21 heavy (non-hydrogen) atoms. The van der Waals surface area contributed by atoms with Crippen molar-refractivity contribution in [3.63, 3.8) is 0 Å². The maximum atomic E-state index is 9.99. The summed E-state index contributed by atoms with van der Waals surface area (Å²) in [5.41, 5.74) is 1.32. The van der Waals surface area contributed by atoms with Crippen LogP contribution in [0.3, 0.4) is 0 Å². The van der Waals surface area contributed by atoms with Crippen molar-refractivity contribution in [1.29, 1.82) is 0 Å². The maximum absolute atomic E-state index is 9.99. The molecule has 0 fully saturated rings. The Bertz CT molecular complexity index is 641. The van der Waals surface area contributed by atoms with Crippen molar-refractivity contribution >= 4 is 44.8 Å². The van der Waals surface area contributed by atoms with Gasteiger partial charge in [-0.3, -0.25) is 0 Å². The Balaban J connectivity index is 2.32. The summed E-state index contributed by atoms with van der Waals surface area (Å²) in [7, 11) is 1.58. The van der Waals surface area contributed by atoms with E-state index in [4.69, 9.17) is 27.9 Å². The molecule has 0 spiro atoms. The molecule has 6 heteroatoms. The first-order valence-corrected chi connectivity index (χ1v) is 7.75. The lowest BCUT2D eigenvalue weighted by molar-refractivity contribution is 0.410. The highest BCUT2D eigenvalue weighted by Crippen LogP contribution is 2.37. The van der Waals surface area contributed by atoms with Crippen LogP contribution >= 0.6 is 39.1 Å². The average Bonchev–Trinajstić information content (AvgIpc) is 2.43. The van der Waals surface area contributed by atoms with Gasteiger partial charge in [-0.2, -0.15) is 0 Å². The predicted octanol–water partition coefficient (Wildman–Crippen LogP) is 5.64. The van der Waals surface area contributed by atoms with Crippen LogP contribution in [0.1, 0.15) is 18.5 Å². The van der Waals surface area contributed by atoms with E-state index < -0.39 is 0 Å². The van der Waals surface area contributed by atoms with Gasteiger partial charge in [0.25, 0.3) is 0 Å². The van der Waals surface area contributed by atoms with Gasteiger partial charge in [-0.15, -0.1) is 0 Å². The van der Waals surface area contributed by atoms with Crippen molar-refractivity contribution in [2.24, 2.45) is 0 Å². The number of nitrogens with one attached hydrogen (secondary N) is 1. The lowest BCUT2D eigenvalue weighted by Gasteiger charge is -2.19. The summed E-state index contributed by atoms with van der Waals surface area (Å²) >= 11 is 15.7. The molecule has 0 saturated heterocycles. The minimum absolute atomic E-state index is 0.181. The van der Waals surface area contributed by atoms with Gasteiger partial charge in [0.1, 0.15) is 11.5 Å². The van der Waals surface area contributed by atoms with Crippen molar-refractivity contribution < 1.29 is 9.84 Å². The Morgan fingerprint density at radius 2 is 1.81 bits per heavy atom. The van der Waals surface area contributed by atoms with Crippen molar-refractivity contribution in [2.45, 2.75) is 13.0 Å². The molecule has 3 nitrogen and oxygen atoms in total. The monoisotopic (exact) mass is 389 g/mol. The second-order valence-corrected chi connectivity index (χ2v) is 6.27. The van der Waals surface area contributed by atoms with Crippen LogP contribution in [0.2, 0.25) is 10.0 Å². The molecule has 112 valence electrons. The molecule has 2 N–H and O–H groups in total. The second-order valence-electron chi connectivity index (χ2n) is 4.54. The molecule has 0 saturated carbocycles. The number of hydrogen-bond acceptors (Lipinski definition) is 3. The Labute approximate surface area is 142 Å². The van der Waals surface area contributed by atoms with Crippen LogP contribution in [-0.4, -0.2) is 12.2 Å². The summed E-state index contributed by atoms with van der Waals surface area (Å²) in [4.78, 5) is 0. The molecule has 1 atom stereocenters. The van der Waals surface area contributed by atoms with E-state index in [1.807, 2.05) is 6.92 Å². The molecule has 0 bridgehead atoms. The minimum atomic E-state index is -0.198. The van der Waals surface area contributed by atoms with E-state index in [0.717, 1.165) is 4.47 Å². The van der Waals surface area contributed by atoms with E-state index in [2.05, 4.69) is 21.2 Å². The highest BCUT2D eigenvalue weighted by atomic mass is 79.9. The number of aromatic hydroxyl groups is 1. The molecule has 2 aromatic carbocycles. The molecular weight excluding hydrogens is 377 g/mol. The normalized spacial score (nSPS) is 12.0. The highest BCUT2D eigenvalue weighted by Gasteiger charge is 2.15. The van der Waals surface area contributed by atoms with Crippen LogP contribution in [0.15, 0.2) is 34.8 Å². The van der Waals surface area contributed by atoms with Crippen LogP contribution in [0.25, 0.3) is 0 Å². The fourth-order valence-electron chi connectivity index (χ4n) is 1.98. The Morgan fingerprint density at radius 1 is 1.19 bits per heavy atom. The largest absolute Gasteiger partial charge is 0.508 e. The van der Waals surface area contributed by atoms with Crippen LogP contribution in [0.4, 0.5) is 5.69 Å². The first-order valence-electron chi connectivity index (χ1n) is 6.20. The third-order valence-electron chi connectivity index (χ3n) is 3.07. The number of ether oxygens (including phenoxy) is 1. The molecule has 0 radical (unpaired) electrons. The third kappa shape index (κ3) is 3.76. The van der Waals surface area contributed by atoms with Crippen molar-refractivity contribution in [1.82, 2.24) is 0 Å². The van der Waals surface area contributed by atoms with E-state index in [-0.39, 0.29) is 11.8 Å². The zero-order valence-electron chi connectivity index (χ0n) is 11.5. The van der Waals surface area contributed by atoms with E-state index in [1.54, 1.807) is 37.4 Å². The number of phenols is 1. The second kappa shape index (κ2) is 6.77. The van der Waals surface area contributed by atoms with Crippen molar-refractivity contribution in [3.8, 4) is 11.5 Å². The summed E-state index contributed by atoms with van der Waals surface area (Å²) in [5, 5.41) is 14.2. The van der Waals surface area contributed by atoms with Gasteiger partial charge in [0, 0.05) is 10.0 Å². The van der Waals surface area contributed by atoms with E-state index in [0.29, 0.717) is 27.0 Å². The molecule has 0 amide bonds. The van der Waals surface area contributed by atoms with Gasteiger partial charge >= 0.3 is 0 Å². The molecule has 0 aliphatic heterocycles. The van der Waals surface area contributed by atoms with Crippen molar-refractivity contribution in [2.75, 3.05) is 12.4 Å². The number of phenolic OH excluding ortho intramolecular Hbond substituents is 1. The van der Waals surface area contributed by atoms with Gasteiger partial charge in [0.15, 0.2) is 0 Å². The maximum Gasteiger partial charge on any atom is 0.121 e. The number of benzene rings is 2. The van der Waals surface area contributed by atoms with Crippen LogP contribution < -0.4 is 10.1 Å². The van der Waals surface area contributed by atoms with E-state index in [1.165, 1.54) is 0 Å². The summed E-state index contributed by atoms with van der Waals surface area (Å²) in [6, 6.07) is 8.38. The predicted molar refractivity (Wildman–Crippen MR) is 90.9 cm³/mol. The average molecular weight is 391 g/mol. The van der Waals surface area contributed by atoms with Gasteiger partial charge in [-0.1, -0.05) is 39.1 Å². The van der Waals surface area contributed by atoms with Crippen LogP contribution in [0, 0.1) is 0 Å². The summed E-state index contributed by atoms with van der Waals surface area (Å²) in [5.74, 6) is 0.851. The lowest BCUT2D eigenvalue weighted by atomic mass is 10.1. The first kappa shape index (κ1) is 16.3. The Kier molecular flexibility index (Phi) is 5.25. The quantitative estimate of drug-likeness (QED) is 0.709. The van der Waals surface area contributed by atoms with Gasteiger partial charge in [-0.05, 0) is 37.3 Å². The minimum Gasteiger partial charge on any atom is -0.508 e. The molecule has 0 aromatic heterocycles. The zero-order chi connectivity index (χ0) is 15.6. The molecule has 0 aliphatic carbocycles. The topological polar surface area (TPSA) is 41.5 Å². The first-order chi connectivity index (χ1) is 9.92. The van der Waals surface area contributed by atoms with Gasteiger partial charge in [-0.25, -0.2) is 0 Å². The molecule has 2 rings (SSSR count). The molecule has 1 unspecified atom stereocenters. The van der Waals surface area contributed by atoms with E-state index >= 15 is 0 Å².